The summed E-state index contributed by atoms with van der Waals surface area (Å²) in [7, 11) is 2.11. The third-order valence-electron chi connectivity index (χ3n) is 9.85. The number of rotatable bonds is 29. The van der Waals surface area contributed by atoms with Gasteiger partial charge in [-0.05, 0) is 83.0 Å². The highest BCUT2D eigenvalue weighted by molar-refractivity contribution is 8.00. The summed E-state index contributed by atoms with van der Waals surface area (Å²) in [5, 5.41) is 61.4. The summed E-state index contributed by atoms with van der Waals surface area (Å²) in [4.78, 5) is 49.8. The third kappa shape index (κ3) is 20.8. The van der Waals surface area contributed by atoms with Gasteiger partial charge in [-0.2, -0.15) is 0 Å². The number of nitrogens with one attached hydrogen (secondary N) is 4. The van der Waals surface area contributed by atoms with Crippen molar-refractivity contribution in [1.82, 2.24) is 26.2 Å². The number of carbonyl (C=O) groups is 4. The molecule has 56 heavy (non-hydrogen) atoms. The summed E-state index contributed by atoms with van der Waals surface area (Å²) in [6, 6.07) is -1.42. The lowest BCUT2D eigenvalue weighted by atomic mass is 9.98. The molecule has 2 aliphatic heterocycles. The predicted octanol–water partition coefficient (Wildman–Crippen LogP) is 0.605. The van der Waals surface area contributed by atoms with Gasteiger partial charge in [-0.15, -0.1) is 23.5 Å². The molecule has 0 bridgehead atoms. The van der Waals surface area contributed by atoms with Crippen molar-refractivity contribution in [3.8, 4) is 0 Å². The second kappa shape index (κ2) is 29.5. The SMILES string of the molecule is CC(=O)NC1[C@@H](O)[C@@H](O)CO[C@H]1SCCCCCNC(=O)CCCCCN(C)CCCCCC(=O)NCCCCCS[C@@H]1OC(CO)[C@H](O)[C@H](O)C1NC(C)=O. The Balaban J connectivity index is 1.38. The van der Waals surface area contributed by atoms with E-state index in [0.29, 0.717) is 31.7 Å². The summed E-state index contributed by atoms with van der Waals surface area (Å²) in [6.07, 6.45) is 6.62. The molecular formula is C38H71N5O11S2. The van der Waals surface area contributed by atoms with Gasteiger partial charge in [0, 0.05) is 39.8 Å². The van der Waals surface area contributed by atoms with Gasteiger partial charge in [0.05, 0.1) is 25.3 Å². The van der Waals surface area contributed by atoms with Crippen LogP contribution in [0.4, 0.5) is 0 Å². The Morgan fingerprint density at radius 2 is 1.12 bits per heavy atom. The topological polar surface area (TPSA) is 239 Å². The summed E-state index contributed by atoms with van der Waals surface area (Å²) in [5.74, 6) is 1.02. The van der Waals surface area contributed by atoms with Crippen molar-refractivity contribution in [2.75, 3.05) is 57.9 Å². The maximum atomic E-state index is 12.2. The zero-order valence-electron chi connectivity index (χ0n) is 33.7. The minimum absolute atomic E-state index is 0.0368. The molecule has 4 amide bonds. The van der Waals surface area contributed by atoms with E-state index in [1.807, 2.05) is 0 Å². The zero-order valence-corrected chi connectivity index (χ0v) is 35.3. The highest BCUT2D eigenvalue weighted by atomic mass is 32.2. The van der Waals surface area contributed by atoms with Crippen LogP contribution < -0.4 is 21.3 Å². The van der Waals surface area contributed by atoms with Crippen LogP contribution >= 0.6 is 23.5 Å². The number of nitrogens with zero attached hydrogens (tertiary/aromatic N) is 1. The first-order valence-electron chi connectivity index (χ1n) is 20.4. The monoisotopic (exact) mass is 837 g/mol. The molecule has 326 valence electrons. The number of thioether (sulfide) groups is 2. The van der Waals surface area contributed by atoms with Gasteiger partial charge in [-0.3, -0.25) is 19.2 Å². The Labute approximate surface area is 341 Å². The van der Waals surface area contributed by atoms with Crippen LogP contribution in [0.15, 0.2) is 0 Å². The minimum atomic E-state index is -1.28. The first kappa shape index (κ1) is 50.4. The highest BCUT2D eigenvalue weighted by Gasteiger charge is 2.44. The predicted molar refractivity (Wildman–Crippen MR) is 218 cm³/mol. The smallest absolute Gasteiger partial charge is 0.219 e. The van der Waals surface area contributed by atoms with Gasteiger partial charge in [0.2, 0.25) is 23.6 Å². The highest BCUT2D eigenvalue weighted by Crippen LogP contribution is 2.29. The summed E-state index contributed by atoms with van der Waals surface area (Å²) < 4.78 is 11.4. The number of ether oxygens (including phenoxy) is 2. The molecule has 0 aromatic rings. The molecule has 0 radical (unpaired) electrons. The molecule has 2 fully saturated rings. The van der Waals surface area contributed by atoms with Crippen LogP contribution in [-0.4, -0.2) is 165 Å². The lowest BCUT2D eigenvalue weighted by molar-refractivity contribution is -0.173. The molecule has 2 saturated heterocycles. The molecule has 2 aliphatic rings. The van der Waals surface area contributed by atoms with Crippen molar-refractivity contribution in [2.45, 2.75) is 157 Å². The number of amides is 4. The molecule has 9 atom stereocenters. The molecule has 0 saturated carbocycles. The molecule has 0 aromatic heterocycles. The number of hydrogen-bond acceptors (Lipinski definition) is 14. The maximum Gasteiger partial charge on any atom is 0.219 e. The van der Waals surface area contributed by atoms with E-state index in [4.69, 9.17) is 9.47 Å². The summed E-state index contributed by atoms with van der Waals surface area (Å²) in [5.41, 5.74) is -0.996. The van der Waals surface area contributed by atoms with Gasteiger partial charge in [0.25, 0.3) is 0 Å². The van der Waals surface area contributed by atoms with Crippen LogP contribution in [0.5, 0.6) is 0 Å². The van der Waals surface area contributed by atoms with Crippen molar-refractivity contribution >= 4 is 47.2 Å². The fourth-order valence-corrected chi connectivity index (χ4v) is 9.06. The first-order chi connectivity index (χ1) is 26.8. The summed E-state index contributed by atoms with van der Waals surface area (Å²) in [6.45, 7) is 5.53. The molecule has 0 spiro atoms. The molecule has 0 aromatic carbocycles. The zero-order chi connectivity index (χ0) is 41.3. The molecular weight excluding hydrogens is 767 g/mol. The number of hydrogen-bond donors (Lipinski definition) is 9. The van der Waals surface area contributed by atoms with Gasteiger partial charge in [-0.25, -0.2) is 0 Å². The van der Waals surface area contributed by atoms with Gasteiger partial charge < -0.3 is 61.2 Å². The Morgan fingerprint density at radius 1 is 0.643 bits per heavy atom. The largest absolute Gasteiger partial charge is 0.394 e. The maximum absolute atomic E-state index is 12.2. The van der Waals surface area contributed by atoms with Crippen molar-refractivity contribution in [3.05, 3.63) is 0 Å². The molecule has 9 N–H and O–H groups in total. The number of carbonyl (C=O) groups excluding carboxylic acids is 4. The second-order valence-corrected chi connectivity index (χ2v) is 17.3. The number of aliphatic hydroxyl groups excluding tert-OH is 5. The lowest BCUT2D eigenvalue weighted by Gasteiger charge is -2.42. The van der Waals surface area contributed by atoms with Crippen molar-refractivity contribution in [3.63, 3.8) is 0 Å². The fraction of sp³-hybridized carbons (Fsp3) is 0.895. The van der Waals surface area contributed by atoms with Crippen LogP contribution in [0.2, 0.25) is 0 Å². The molecule has 3 unspecified atom stereocenters. The van der Waals surface area contributed by atoms with Crippen LogP contribution in [0.1, 0.15) is 104 Å². The fourth-order valence-electron chi connectivity index (χ4n) is 6.59. The van der Waals surface area contributed by atoms with Gasteiger partial charge in [0.15, 0.2) is 0 Å². The number of aliphatic hydroxyl groups is 5. The minimum Gasteiger partial charge on any atom is -0.394 e. The van der Waals surface area contributed by atoms with Crippen LogP contribution in [0.3, 0.4) is 0 Å². The Bertz CT molecular complexity index is 1130. The average Bonchev–Trinajstić information content (AvgIpc) is 3.15. The molecule has 18 heteroatoms. The van der Waals surface area contributed by atoms with E-state index in [1.165, 1.54) is 37.4 Å². The second-order valence-electron chi connectivity index (χ2n) is 14.9. The van der Waals surface area contributed by atoms with E-state index in [-0.39, 0.29) is 30.2 Å². The standard InChI is InChI=1S/C38H71N5O11S2/c1-26(45)41-32-34(50)28(47)25-53-37(32)55-22-14-6-10-18-39-30(48)16-8-4-12-20-43(3)21-13-5-9-17-31(49)40-19-11-7-15-23-56-38-33(42-27(2)46)36(52)35(51)29(24-44)54-38/h28-29,32-38,44,47,50-52H,4-25H2,1-3H3,(H,39,48)(H,40,49)(H,41,45)(H,42,46)/t28-,29?,32?,33?,34-,35-,36+,37-,38-/m0/s1. The summed E-state index contributed by atoms with van der Waals surface area (Å²) >= 11 is 2.94. The van der Waals surface area contributed by atoms with Gasteiger partial charge in [0.1, 0.15) is 41.4 Å². The normalized spacial score (nSPS) is 26.5. The third-order valence-corrected chi connectivity index (χ3v) is 12.4. The molecule has 2 heterocycles. The van der Waals surface area contributed by atoms with E-state index in [0.717, 1.165) is 95.9 Å². The Morgan fingerprint density at radius 3 is 1.62 bits per heavy atom. The van der Waals surface area contributed by atoms with Crippen molar-refractivity contribution in [1.29, 1.82) is 0 Å². The van der Waals surface area contributed by atoms with E-state index < -0.39 is 60.1 Å². The van der Waals surface area contributed by atoms with E-state index in [2.05, 4.69) is 33.2 Å². The quantitative estimate of drug-likeness (QED) is 0.0470. The number of unbranched alkanes of at least 4 members (excludes halogenated alkanes) is 8. The van der Waals surface area contributed by atoms with Crippen LogP contribution in [0, 0.1) is 0 Å². The van der Waals surface area contributed by atoms with E-state index in [1.54, 1.807) is 0 Å². The van der Waals surface area contributed by atoms with Crippen LogP contribution in [0.25, 0.3) is 0 Å². The van der Waals surface area contributed by atoms with Gasteiger partial charge in [-0.1, -0.05) is 25.7 Å². The molecule has 16 nitrogen and oxygen atoms in total. The first-order valence-corrected chi connectivity index (χ1v) is 22.5. The van der Waals surface area contributed by atoms with Crippen molar-refractivity contribution in [2.24, 2.45) is 0 Å². The van der Waals surface area contributed by atoms with Crippen molar-refractivity contribution < 1.29 is 54.2 Å². The van der Waals surface area contributed by atoms with E-state index >= 15 is 0 Å². The van der Waals surface area contributed by atoms with Crippen LogP contribution in [-0.2, 0) is 28.7 Å². The lowest BCUT2D eigenvalue weighted by Crippen LogP contribution is -2.63. The van der Waals surface area contributed by atoms with Gasteiger partial charge >= 0.3 is 0 Å². The Hall–Kier alpha value is -1.74. The average molecular weight is 838 g/mol. The molecule has 0 aliphatic carbocycles. The molecule has 2 rings (SSSR count). The Kier molecular flexibility index (Phi) is 26.5. The van der Waals surface area contributed by atoms with E-state index in [9.17, 15) is 44.7 Å².